The molecule has 0 aliphatic rings. The van der Waals surface area contributed by atoms with Gasteiger partial charge in [0, 0.05) is 9.75 Å². The highest BCUT2D eigenvalue weighted by atomic mass is 32.1. The molecular formula is C16H18F2OS. The number of benzene rings is 1. The summed E-state index contributed by atoms with van der Waals surface area (Å²) in [6.45, 7) is 7.73. The first-order valence-electron chi connectivity index (χ1n) is 6.44. The Balaban J connectivity index is 2.44. The van der Waals surface area contributed by atoms with Gasteiger partial charge in [-0.25, -0.2) is 8.78 Å². The zero-order valence-corrected chi connectivity index (χ0v) is 12.8. The smallest absolute Gasteiger partial charge is 0.135 e. The molecule has 0 amide bonds. The highest BCUT2D eigenvalue weighted by Gasteiger charge is 2.24. The highest BCUT2D eigenvalue weighted by Crippen LogP contribution is 2.36. The van der Waals surface area contributed by atoms with E-state index in [2.05, 4.69) is 20.8 Å². The third kappa shape index (κ3) is 2.76. The van der Waals surface area contributed by atoms with Crippen LogP contribution in [0.4, 0.5) is 8.78 Å². The molecule has 1 aromatic heterocycles. The van der Waals surface area contributed by atoms with Crippen LogP contribution in [0.1, 0.15) is 47.8 Å². The maximum absolute atomic E-state index is 14.0. The average molecular weight is 296 g/mol. The van der Waals surface area contributed by atoms with Crippen molar-refractivity contribution in [1.29, 1.82) is 0 Å². The first-order chi connectivity index (χ1) is 9.21. The molecule has 0 fully saturated rings. The fourth-order valence-corrected chi connectivity index (χ4v) is 3.04. The second-order valence-electron chi connectivity index (χ2n) is 5.95. The maximum Gasteiger partial charge on any atom is 0.135 e. The number of thiophene rings is 1. The molecule has 1 N–H and O–H groups in total. The molecular weight excluding hydrogens is 278 g/mol. The third-order valence-electron chi connectivity index (χ3n) is 3.23. The van der Waals surface area contributed by atoms with Crippen molar-refractivity contribution in [2.45, 2.75) is 39.2 Å². The quantitative estimate of drug-likeness (QED) is 0.850. The van der Waals surface area contributed by atoms with Crippen LogP contribution in [0, 0.1) is 18.6 Å². The summed E-state index contributed by atoms with van der Waals surface area (Å²) in [5.74, 6) is -1.39. The van der Waals surface area contributed by atoms with Crippen molar-refractivity contribution < 1.29 is 13.9 Å². The lowest BCUT2D eigenvalue weighted by atomic mass is 9.95. The molecule has 0 aliphatic carbocycles. The lowest BCUT2D eigenvalue weighted by Gasteiger charge is -2.16. The van der Waals surface area contributed by atoms with E-state index in [9.17, 15) is 13.9 Å². The average Bonchev–Trinajstić information content (AvgIpc) is 2.83. The standard InChI is InChI=1S/C16H18F2OS/c1-9-5-6-10(17)13(14(9)18)15(19)11-7-8-12(20-11)16(2,3)4/h5-8,15,19H,1-4H3. The van der Waals surface area contributed by atoms with Gasteiger partial charge in [0.2, 0.25) is 0 Å². The molecule has 1 atom stereocenters. The summed E-state index contributed by atoms with van der Waals surface area (Å²) in [5, 5.41) is 10.3. The number of rotatable bonds is 2. The molecule has 2 rings (SSSR count). The Morgan fingerprint density at radius 3 is 2.30 bits per heavy atom. The van der Waals surface area contributed by atoms with E-state index in [4.69, 9.17) is 0 Å². The summed E-state index contributed by atoms with van der Waals surface area (Å²) in [7, 11) is 0. The minimum absolute atomic E-state index is 0.0493. The van der Waals surface area contributed by atoms with E-state index >= 15 is 0 Å². The minimum Gasteiger partial charge on any atom is -0.383 e. The summed E-state index contributed by atoms with van der Waals surface area (Å²) >= 11 is 1.38. The van der Waals surface area contributed by atoms with Gasteiger partial charge < -0.3 is 5.11 Å². The van der Waals surface area contributed by atoms with Crippen molar-refractivity contribution in [1.82, 2.24) is 0 Å². The van der Waals surface area contributed by atoms with E-state index in [0.29, 0.717) is 10.4 Å². The van der Waals surface area contributed by atoms with Crippen LogP contribution in [0.5, 0.6) is 0 Å². The largest absolute Gasteiger partial charge is 0.383 e. The molecule has 20 heavy (non-hydrogen) atoms. The topological polar surface area (TPSA) is 20.2 Å². The van der Waals surface area contributed by atoms with Gasteiger partial charge >= 0.3 is 0 Å². The number of hydrogen-bond donors (Lipinski definition) is 1. The molecule has 0 bridgehead atoms. The summed E-state index contributed by atoms with van der Waals surface area (Å²) in [5.41, 5.74) is 0.00661. The van der Waals surface area contributed by atoms with Gasteiger partial charge in [0.1, 0.15) is 17.7 Å². The molecule has 0 saturated carbocycles. The molecule has 4 heteroatoms. The summed E-state index contributed by atoms with van der Waals surface area (Å²) in [4.78, 5) is 1.62. The van der Waals surface area contributed by atoms with E-state index in [1.807, 2.05) is 6.07 Å². The first kappa shape index (κ1) is 15.1. The van der Waals surface area contributed by atoms with Gasteiger partial charge in [-0.05, 0) is 36.1 Å². The van der Waals surface area contributed by atoms with Crippen molar-refractivity contribution in [3.8, 4) is 0 Å². The van der Waals surface area contributed by atoms with Crippen molar-refractivity contribution in [2.75, 3.05) is 0 Å². The SMILES string of the molecule is Cc1ccc(F)c(C(O)c2ccc(C(C)(C)C)s2)c1F. The van der Waals surface area contributed by atoms with Crippen LogP contribution < -0.4 is 0 Å². The molecule has 1 heterocycles. The van der Waals surface area contributed by atoms with Crippen molar-refractivity contribution in [3.05, 3.63) is 56.8 Å². The zero-order chi connectivity index (χ0) is 15.1. The molecule has 0 aliphatic heterocycles. The number of aliphatic hydroxyl groups is 1. The van der Waals surface area contributed by atoms with Crippen LogP contribution in [0.3, 0.4) is 0 Å². The van der Waals surface area contributed by atoms with Crippen LogP contribution in [0.15, 0.2) is 24.3 Å². The second kappa shape index (κ2) is 5.26. The number of hydrogen-bond acceptors (Lipinski definition) is 2. The Labute approximate surface area is 121 Å². The molecule has 1 unspecified atom stereocenters. The van der Waals surface area contributed by atoms with E-state index in [-0.39, 0.29) is 11.0 Å². The van der Waals surface area contributed by atoms with Crippen LogP contribution in [-0.2, 0) is 5.41 Å². The summed E-state index contributed by atoms with van der Waals surface area (Å²) in [6, 6.07) is 6.19. The van der Waals surface area contributed by atoms with E-state index < -0.39 is 17.7 Å². The van der Waals surface area contributed by atoms with Gasteiger partial charge in [0.05, 0.1) is 5.56 Å². The summed E-state index contributed by atoms with van der Waals surface area (Å²) in [6.07, 6.45) is -1.27. The fraction of sp³-hybridized carbons (Fsp3) is 0.375. The maximum atomic E-state index is 14.0. The van der Waals surface area contributed by atoms with Gasteiger partial charge in [-0.3, -0.25) is 0 Å². The van der Waals surface area contributed by atoms with Crippen LogP contribution >= 0.6 is 11.3 Å². The van der Waals surface area contributed by atoms with Gasteiger partial charge in [0.15, 0.2) is 0 Å². The predicted octanol–water partition coefficient (Wildman–Crippen LogP) is 4.71. The Morgan fingerprint density at radius 2 is 1.75 bits per heavy atom. The Hall–Kier alpha value is -1.26. The predicted molar refractivity (Wildman–Crippen MR) is 78.2 cm³/mol. The van der Waals surface area contributed by atoms with Crippen LogP contribution in [0.2, 0.25) is 0 Å². The molecule has 108 valence electrons. The van der Waals surface area contributed by atoms with Crippen LogP contribution in [0.25, 0.3) is 0 Å². The van der Waals surface area contributed by atoms with Crippen molar-refractivity contribution in [2.24, 2.45) is 0 Å². The Morgan fingerprint density at radius 1 is 1.10 bits per heavy atom. The van der Waals surface area contributed by atoms with Crippen LogP contribution in [-0.4, -0.2) is 5.11 Å². The second-order valence-corrected chi connectivity index (χ2v) is 7.06. The fourth-order valence-electron chi connectivity index (χ4n) is 1.97. The molecule has 0 radical (unpaired) electrons. The molecule has 1 aromatic carbocycles. The molecule has 1 nitrogen and oxygen atoms in total. The van der Waals surface area contributed by atoms with Gasteiger partial charge in [-0.1, -0.05) is 26.8 Å². The van der Waals surface area contributed by atoms with Gasteiger partial charge in [0.25, 0.3) is 0 Å². The third-order valence-corrected chi connectivity index (χ3v) is 4.79. The number of aliphatic hydroxyl groups excluding tert-OH is 1. The molecule has 0 saturated heterocycles. The number of halogens is 2. The normalized spacial score (nSPS) is 13.6. The lowest BCUT2D eigenvalue weighted by molar-refractivity contribution is 0.212. The minimum atomic E-state index is -1.27. The Bertz CT molecular complexity index is 626. The first-order valence-corrected chi connectivity index (χ1v) is 7.26. The lowest BCUT2D eigenvalue weighted by Crippen LogP contribution is -2.08. The molecule has 2 aromatic rings. The zero-order valence-electron chi connectivity index (χ0n) is 12.0. The van der Waals surface area contributed by atoms with Gasteiger partial charge in [-0.15, -0.1) is 11.3 Å². The van der Waals surface area contributed by atoms with Gasteiger partial charge in [-0.2, -0.15) is 0 Å². The van der Waals surface area contributed by atoms with Crippen molar-refractivity contribution >= 4 is 11.3 Å². The Kier molecular flexibility index (Phi) is 3.98. The molecule has 0 spiro atoms. The van der Waals surface area contributed by atoms with Crippen molar-refractivity contribution in [3.63, 3.8) is 0 Å². The highest BCUT2D eigenvalue weighted by molar-refractivity contribution is 7.12. The van der Waals surface area contributed by atoms with E-state index in [0.717, 1.165) is 4.88 Å². The monoisotopic (exact) mass is 296 g/mol. The number of aryl methyl sites for hydroxylation is 1. The van der Waals surface area contributed by atoms with E-state index in [1.165, 1.54) is 23.5 Å². The summed E-state index contributed by atoms with van der Waals surface area (Å²) < 4.78 is 27.9. The van der Waals surface area contributed by atoms with E-state index in [1.54, 1.807) is 13.0 Å².